The topological polar surface area (TPSA) is 26.0 Å². The molecule has 0 aliphatic heterocycles. The Hall–Kier alpha value is -0.890. The highest BCUT2D eigenvalue weighted by Gasteiger charge is 2.49. The van der Waals surface area contributed by atoms with Gasteiger partial charge in [-0.1, -0.05) is 19.9 Å². The molecule has 2 unspecified atom stereocenters. The molecular weight excluding hydrogens is 189 g/mol. The van der Waals surface area contributed by atoms with Gasteiger partial charge in [-0.3, -0.25) is 0 Å². The molecule has 15 heavy (non-hydrogen) atoms. The van der Waals surface area contributed by atoms with E-state index in [-0.39, 0.29) is 11.9 Å². The summed E-state index contributed by atoms with van der Waals surface area (Å²) < 4.78 is 13.2. The van der Waals surface area contributed by atoms with Gasteiger partial charge >= 0.3 is 0 Å². The number of hydrogen-bond donors (Lipinski definition) is 1. The van der Waals surface area contributed by atoms with Crippen LogP contribution in [0.2, 0.25) is 0 Å². The quantitative estimate of drug-likeness (QED) is 0.792. The predicted octanol–water partition coefficient (Wildman–Crippen LogP) is 3.18. The van der Waals surface area contributed by atoms with E-state index in [2.05, 4.69) is 13.8 Å². The Bertz CT molecular complexity index is 364. The largest absolute Gasteiger partial charge is 0.324 e. The smallest absolute Gasteiger partial charge is 0.123 e. The van der Waals surface area contributed by atoms with Gasteiger partial charge in [0.2, 0.25) is 0 Å². The predicted molar refractivity (Wildman–Crippen MR) is 60.0 cm³/mol. The Labute approximate surface area is 90.5 Å². The van der Waals surface area contributed by atoms with E-state index >= 15 is 0 Å². The van der Waals surface area contributed by atoms with E-state index in [0.29, 0.717) is 11.3 Å². The number of benzene rings is 1. The lowest BCUT2D eigenvalue weighted by atomic mass is 9.96. The Morgan fingerprint density at radius 2 is 2.00 bits per heavy atom. The zero-order valence-corrected chi connectivity index (χ0v) is 9.55. The first-order chi connectivity index (χ1) is 6.90. The van der Waals surface area contributed by atoms with Crippen LogP contribution in [0.25, 0.3) is 0 Å². The molecule has 1 nitrogen and oxygen atoms in total. The van der Waals surface area contributed by atoms with Crippen molar-refractivity contribution in [2.24, 2.45) is 17.1 Å². The molecule has 82 valence electrons. The summed E-state index contributed by atoms with van der Waals surface area (Å²) in [6.07, 6.45) is 1.14. The molecule has 0 radical (unpaired) electrons. The number of halogens is 1. The average molecular weight is 207 g/mol. The Kier molecular flexibility index (Phi) is 2.34. The third-order valence-corrected chi connectivity index (χ3v) is 3.47. The summed E-state index contributed by atoms with van der Waals surface area (Å²) in [6.45, 7) is 6.32. The minimum Gasteiger partial charge on any atom is -0.324 e. The molecule has 0 heterocycles. The molecule has 1 aromatic rings. The van der Waals surface area contributed by atoms with Crippen molar-refractivity contribution in [3.8, 4) is 0 Å². The van der Waals surface area contributed by atoms with Crippen LogP contribution in [0.5, 0.6) is 0 Å². The standard InChI is InChI=1S/C13H18FN/c1-8-4-9(6-10(14)5-8)12(15)11-7-13(11,2)3/h4-6,11-12H,7,15H2,1-3H3. The molecule has 0 aromatic heterocycles. The highest BCUT2D eigenvalue weighted by atomic mass is 19.1. The summed E-state index contributed by atoms with van der Waals surface area (Å²) in [5.74, 6) is 0.317. The van der Waals surface area contributed by atoms with Gasteiger partial charge in [-0.05, 0) is 47.9 Å². The van der Waals surface area contributed by atoms with Gasteiger partial charge in [0.25, 0.3) is 0 Å². The highest BCUT2D eigenvalue weighted by molar-refractivity contribution is 5.28. The van der Waals surface area contributed by atoms with Crippen LogP contribution in [0, 0.1) is 24.1 Å². The molecule has 0 amide bonds. The molecule has 1 aromatic carbocycles. The molecule has 1 aliphatic carbocycles. The second kappa shape index (κ2) is 3.31. The maximum atomic E-state index is 13.2. The van der Waals surface area contributed by atoms with E-state index in [4.69, 9.17) is 5.73 Å². The van der Waals surface area contributed by atoms with Crippen molar-refractivity contribution in [1.29, 1.82) is 0 Å². The lowest BCUT2D eigenvalue weighted by Crippen LogP contribution is -2.15. The second-order valence-electron chi connectivity index (χ2n) is 5.39. The first-order valence-corrected chi connectivity index (χ1v) is 5.43. The minimum absolute atomic E-state index is 0.0191. The maximum absolute atomic E-state index is 13.2. The van der Waals surface area contributed by atoms with Crippen LogP contribution in [0.1, 0.15) is 37.4 Å². The van der Waals surface area contributed by atoms with E-state index in [9.17, 15) is 4.39 Å². The van der Waals surface area contributed by atoms with E-state index < -0.39 is 0 Å². The van der Waals surface area contributed by atoms with Gasteiger partial charge in [0, 0.05) is 6.04 Å². The fraction of sp³-hybridized carbons (Fsp3) is 0.538. The summed E-state index contributed by atoms with van der Waals surface area (Å²) in [5, 5.41) is 0. The summed E-state index contributed by atoms with van der Waals surface area (Å²) in [7, 11) is 0. The molecular formula is C13H18FN. The molecule has 2 rings (SSSR count). The lowest BCUT2D eigenvalue weighted by Gasteiger charge is -2.14. The van der Waals surface area contributed by atoms with Crippen LogP contribution in [-0.4, -0.2) is 0 Å². The van der Waals surface area contributed by atoms with Crippen molar-refractivity contribution in [1.82, 2.24) is 0 Å². The molecule has 2 heteroatoms. The number of aryl methyl sites for hydroxylation is 1. The van der Waals surface area contributed by atoms with Crippen LogP contribution in [0.4, 0.5) is 4.39 Å². The monoisotopic (exact) mass is 207 g/mol. The van der Waals surface area contributed by atoms with E-state index in [0.717, 1.165) is 17.5 Å². The molecule has 2 N–H and O–H groups in total. The Morgan fingerprint density at radius 1 is 1.40 bits per heavy atom. The summed E-state index contributed by atoms with van der Waals surface area (Å²) in [6, 6.07) is 5.07. The third kappa shape index (κ3) is 2.05. The van der Waals surface area contributed by atoms with E-state index in [1.165, 1.54) is 6.07 Å². The molecule has 2 atom stereocenters. The lowest BCUT2D eigenvalue weighted by molar-refractivity contribution is 0.489. The number of rotatable bonds is 2. The first kappa shape index (κ1) is 10.6. The first-order valence-electron chi connectivity index (χ1n) is 5.43. The van der Waals surface area contributed by atoms with Crippen LogP contribution >= 0.6 is 0 Å². The van der Waals surface area contributed by atoms with Crippen LogP contribution in [0.3, 0.4) is 0 Å². The highest BCUT2D eigenvalue weighted by Crippen LogP contribution is 2.56. The fourth-order valence-electron chi connectivity index (χ4n) is 2.31. The van der Waals surface area contributed by atoms with Crippen molar-refractivity contribution in [2.45, 2.75) is 33.2 Å². The zero-order valence-electron chi connectivity index (χ0n) is 9.55. The maximum Gasteiger partial charge on any atom is 0.123 e. The van der Waals surface area contributed by atoms with Gasteiger partial charge in [-0.25, -0.2) is 4.39 Å². The van der Waals surface area contributed by atoms with Crippen LogP contribution < -0.4 is 5.73 Å². The second-order valence-corrected chi connectivity index (χ2v) is 5.39. The van der Waals surface area contributed by atoms with Crippen LogP contribution in [-0.2, 0) is 0 Å². The van der Waals surface area contributed by atoms with Crippen molar-refractivity contribution < 1.29 is 4.39 Å². The Morgan fingerprint density at radius 3 is 2.47 bits per heavy atom. The summed E-state index contributed by atoms with van der Waals surface area (Å²) in [5.41, 5.74) is 8.36. The van der Waals surface area contributed by atoms with Crippen molar-refractivity contribution in [3.05, 3.63) is 35.1 Å². The van der Waals surface area contributed by atoms with Gasteiger partial charge in [-0.2, -0.15) is 0 Å². The molecule has 1 saturated carbocycles. The van der Waals surface area contributed by atoms with Crippen LogP contribution in [0.15, 0.2) is 18.2 Å². The van der Waals surface area contributed by atoms with Crippen molar-refractivity contribution in [3.63, 3.8) is 0 Å². The fourth-order valence-corrected chi connectivity index (χ4v) is 2.31. The summed E-state index contributed by atoms with van der Waals surface area (Å²) in [4.78, 5) is 0. The van der Waals surface area contributed by atoms with E-state index in [1.54, 1.807) is 6.07 Å². The zero-order chi connectivity index (χ0) is 11.2. The number of nitrogens with two attached hydrogens (primary N) is 1. The molecule has 1 aliphatic rings. The Balaban J connectivity index is 2.23. The van der Waals surface area contributed by atoms with Gasteiger partial charge in [-0.15, -0.1) is 0 Å². The number of hydrogen-bond acceptors (Lipinski definition) is 1. The third-order valence-electron chi connectivity index (χ3n) is 3.47. The van der Waals surface area contributed by atoms with Crippen molar-refractivity contribution >= 4 is 0 Å². The normalized spacial score (nSPS) is 25.0. The molecule has 0 bridgehead atoms. The molecule has 1 fully saturated rings. The minimum atomic E-state index is -0.182. The van der Waals surface area contributed by atoms with Gasteiger partial charge in [0.1, 0.15) is 5.82 Å². The molecule has 0 saturated heterocycles. The summed E-state index contributed by atoms with van der Waals surface area (Å²) >= 11 is 0. The molecule has 0 spiro atoms. The van der Waals surface area contributed by atoms with E-state index in [1.807, 2.05) is 13.0 Å². The van der Waals surface area contributed by atoms with Gasteiger partial charge in [0.15, 0.2) is 0 Å². The van der Waals surface area contributed by atoms with Gasteiger partial charge < -0.3 is 5.73 Å². The van der Waals surface area contributed by atoms with Crippen molar-refractivity contribution in [2.75, 3.05) is 0 Å². The average Bonchev–Trinajstić information content (AvgIpc) is 2.72. The van der Waals surface area contributed by atoms with Gasteiger partial charge in [0.05, 0.1) is 0 Å². The SMILES string of the molecule is Cc1cc(F)cc(C(N)C2CC2(C)C)c1.